The van der Waals surface area contributed by atoms with Gasteiger partial charge in [-0.05, 0) is 24.4 Å². The highest BCUT2D eigenvalue weighted by atomic mass is 35.5. The molecule has 1 aliphatic carbocycles. The van der Waals surface area contributed by atoms with Crippen LogP contribution in [-0.2, 0) is 6.42 Å². The van der Waals surface area contributed by atoms with E-state index >= 15 is 0 Å². The largest absolute Gasteiger partial charge is 0.373 e. The summed E-state index contributed by atoms with van der Waals surface area (Å²) in [5, 5.41) is 2.90. The lowest BCUT2D eigenvalue weighted by atomic mass is 9.95. The minimum absolute atomic E-state index is 0.00734. The third-order valence-corrected chi connectivity index (χ3v) is 3.82. The molecule has 7 heteroatoms. The molecule has 1 aromatic carbocycles. The van der Waals surface area contributed by atoms with Crippen LogP contribution >= 0.6 is 11.6 Å². The number of benzene rings is 1. The van der Waals surface area contributed by atoms with E-state index in [0.717, 1.165) is 5.56 Å². The average Bonchev–Trinajstić information content (AvgIpc) is 2.80. The Morgan fingerprint density at radius 3 is 2.48 bits per heavy atom. The summed E-state index contributed by atoms with van der Waals surface area (Å²) in [5.41, 5.74) is 1.10. The van der Waals surface area contributed by atoms with Crippen LogP contribution in [0.4, 0.5) is 19.0 Å². The molecule has 3 nitrogen and oxygen atoms in total. The lowest BCUT2D eigenvalue weighted by molar-refractivity contribution is 0.510. The summed E-state index contributed by atoms with van der Waals surface area (Å²) in [4.78, 5) is 8.16. The van der Waals surface area contributed by atoms with E-state index < -0.39 is 23.4 Å². The fourth-order valence-electron chi connectivity index (χ4n) is 2.81. The van der Waals surface area contributed by atoms with Crippen LogP contribution < -0.4 is 5.32 Å². The summed E-state index contributed by atoms with van der Waals surface area (Å²) < 4.78 is 41.0. The van der Waals surface area contributed by atoms with Gasteiger partial charge < -0.3 is 5.32 Å². The van der Waals surface area contributed by atoms with Gasteiger partial charge in [-0.2, -0.15) is 0 Å². The number of hydrogen-bond donors (Lipinski definition) is 1. The predicted molar refractivity (Wildman–Crippen MR) is 73.1 cm³/mol. The normalized spacial score (nSPS) is 16.9. The number of anilines is 1. The van der Waals surface area contributed by atoms with E-state index in [0.29, 0.717) is 36.5 Å². The Morgan fingerprint density at radius 2 is 1.86 bits per heavy atom. The first-order chi connectivity index (χ1) is 10.0. The quantitative estimate of drug-likeness (QED) is 0.860. The molecule has 0 spiro atoms. The van der Waals surface area contributed by atoms with E-state index in [1.807, 2.05) is 0 Å². The molecule has 2 aromatic rings. The van der Waals surface area contributed by atoms with E-state index in [4.69, 9.17) is 11.6 Å². The van der Waals surface area contributed by atoms with Crippen LogP contribution in [0.3, 0.4) is 0 Å². The van der Waals surface area contributed by atoms with E-state index in [2.05, 4.69) is 15.3 Å². The molecular formula is C14H11ClF3N3. The van der Waals surface area contributed by atoms with Crippen molar-refractivity contribution in [3.8, 4) is 0 Å². The Labute approximate surface area is 124 Å². The second-order valence-electron chi connectivity index (χ2n) is 4.83. The van der Waals surface area contributed by atoms with Crippen LogP contribution in [0.5, 0.6) is 0 Å². The molecule has 1 atom stereocenters. The van der Waals surface area contributed by atoms with Gasteiger partial charge in [0.25, 0.3) is 0 Å². The zero-order chi connectivity index (χ0) is 15.1. The lowest BCUT2D eigenvalue weighted by Crippen LogP contribution is -2.08. The fourth-order valence-corrected chi connectivity index (χ4v) is 2.98. The number of nitrogens with zero attached hydrogens (tertiary/aromatic N) is 2. The number of halogens is 4. The van der Waals surface area contributed by atoms with E-state index in [1.165, 1.54) is 0 Å². The third kappa shape index (κ3) is 2.33. The first kappa shape index (κ1) is 14.1. The van der Waals surface area contributed by atoms with Crippen molar-refractivity contribution in [2.45, 2.75) is 18.8 Å². The number of aromatic nitrogens is 2. The summed E-state index contributed by atoms with van der Waals surface area (Å²) in [6, 6.07) is 1.36. The average molecular weight is 314 g/mol. The third-order valence-electron chi connectivity index (χ3n) is 3.65. The predicted octanol–water partition coefficient (Wildman–Crippen LogP) is 3.67. The molecule has 0 radical (unpaired) electrons. The van der Waals surface area contributed by atoms with Crippen molar-refractivity contribution in [3.63, 3.8) is 0 Å². The smallest absolute Gasteiger partial charge is 0.224 e. The molecule has 110 valence electrons. The van der Waals surface area contributed by atoms with Gasteiger partial charge in [0.05, 0.1) is 5.69 Å². The second kappa shape index (κ2) is 5.18. The molecule has 0 bridgehead atoms. The Balaban J connectivity index is 2.16. The highest BCUT2D eigenvalue weighted by Crippen LogP contribution is 2.41. The van der Waals surface area contributed by atoms with E-state index in [9.17, 15) is 13.2 Å². The molecule has 1 aliphatic rings. The molecule has 0 fully saturated rings. The van der Waals surface area contributed by atoms with Crippen molar-refractivity contribution >= 4 is 17.4 Å². The van der Waals surface area contributed by atoms with Crippen molar-refractivity contribution in [2.24, 2.45) is 0 Å². The van der Waals surface area contributed by atoms with Gasteiger partial charge in [-0.15, -0.1) is 0 Å². The second-order valence-corrected chi connectivity index (χ2v) is 5.17. The fraction of sp³-hybridized carbons (Fsp3) is 0.286. The van der Waals surface area contributed by atoms with Gasteiger partial charge in [0.1, 0.15) is 23.3 Å². The number of nitrogens with one attached hydrogen (secondary N) is 1. The minimum atomic E-state index is -0.941. The summed E-state index contributed by atoms with van der Waals surface area (Å²) in [7, 11) is 1.69. The monoisotopic (exact) mass is 313 g/mol. The zero-order valence-corrected chi connectivity index (χ0v) is 11.8. The zero-order valence-electron chi connectivity index (χ0n) is 11.1. The summed E-state index contributed by atoms with van der Waals surface area (Å²) >= 11 is 5.86. The van der Waals surface area contributed by atoms with Gasteiger partial charge in [0.15, 0.2) is 0 Å². The highest BCUT2D eigenvalue weighted by molar-refractivity contribution is 6.28. The van der Waals surface area contributed by atoms with Gasteiger partial charge in [-0.1, -0.05) is 0 Å². The molecule has 1 aromatic heterocycles. The van der Waals surface area contributed by atoms with Crippen molar-refractivity contribution in [1.29, 1.82) is 0 Å². The molecule has 1 unspecified atom stereocenters. The maximum Gasteiger partial charge on any atom is 0.224 e. The van der Waals surface area contributed by atoms with Gasteiger partial charge in [0, 0.05) is 36.2 Å². The van der Waals surface area contributed by atoms with Crippen LogP contribution in [-0.4, -0.2) is 17.0 Å². The Hall–Kier alpha value is -1.82. The van der Waals surface area contributed by atoms with Crippen molar-refractivity contribution in [1.82, 2.24) is 9.97 Å². The van der Waals surface area contributed by atoms with Crippen LogP contribution in [0.25, 0.3) is 0 Å². The lowest BCUT2D eigenvalue weighted by Gasteiger charge is -2.14. The summed E-state index contributed by atoms with van der Waals surface area (Å²) in [6.45, 7) is 0. The van der Waals surface area contributed by atoms with Crippen molar-refractivity contribution in [2.75, 3.05) is 12.4 Å². The van der Waals surface area contributed by atoms with Crippen LogP contribution in [0.15, 0.2) is 12.1 Å². The van der Waals surface area contributed by atoms with E-state index in [1.54, 1.807) is 7.05 Å². The molecule has 1 N–H and O–H groups in total. The first-order valence-corrected chi connectivity index (χ1v) is 6.77. The van der Waals surface area contributed by atoms with Gasteiger partial charge in [-0.25, -0.2) is 23.1 Å². The van der Waals surface area contributed by atoms with E-state index in [-0.39, 0.29) is 10.8 Å². The maximum absolute atomic E-state index is 14.0. The van der Waals surface area contributed by atoms with Gasteiger partial charge in [0.2, 0.25) is 5.28 Å². The van der Waals surface area contributed by atoms with Crippen molar-refractivity contribution < 1.29 is 13.2 Å². The summed E-state index contributed by atoms with van der Waals surface area (Å²) in [6.07, 6.45) is 1.04. The number of fused-ring (bicyclic) bond motifs is 1. The Morgan fingerprint density at radius 1 is 1.19 bits per heavy atom. The molecule has 3 rings (SSSR count). The standard InChI is InChI=1S/C14H11ClF3N3/c1-19-13-8-3-2-7(12(8)20-14(15)21-13)11-9(17)4-6(16)5-10(11)18/h4-5,7H,2-3H2,1H3,(H,19,20,21). The number of rotatable bonds is 2. The SMILES string of the molecule is CNc1nc(Cl)nc2c1CCC2c1c(F)cc(F)cc1F. The molecule has 0 amide bonds. The maximum atomic E-state index is 14.0. The minimum Gasteiger partial charge on any atom is -0.373 e. The van der Waals surface area contributed by atoms with Crippen LogP contribution in [0, 0.1) is 17.5 Å². The molecule has 21 heavy (non-hydrogen) atoms. The molecule has 0 saturated heterocycles. The molecule has 0 saturated carbocycles. The first-order valence-electron chi connectivity index (χ1n) is 6.39. The molecular weight excluding hydrogens is 303 g/mol. The van der Waals surface area contributed by atoms with Crippen LogP contribution in [0.1, 0.15) is 29.2 Å². The molecule has 0 aliphatic heterocycles. The Kier molecular flexibility index (Phi) is 3.49. The summed E-state index contributed by atoms with van der Waals surface area (Å²) in [5.74, 6) is -2.80. The number of hydrogen-bond acceptors (Lipinski definition) is 3. The highest BCUT2D eigenvalue weighted by Gasteiger charge is 2.33. The molecule has 1 heterocycles. The Bertz CT molecular complexity index is 698. The van der Waals surface area contributed by atoms with Crippen LogP contribution in [0.2, 0.25) is 5.28 Å². The van der Waals surface area contributed by atoms with Crippen molar-refractivity contribution in [3.05, 3.63) is 51.7 Å². The van der Waals surface area contributed by atoms with Gasteiger partial charge in [-0.3, -0.25) is 0 Å². The topological polar surface area (TPSA) is 37.8 Å². The van der Waals surface area contributed by atoms with Gasteiger partial charge >= 0.3 is 0 Å².